The zero-order valence-electron chi connectivity index (χ0n) is 6.28. The van der Waals surface area contributed by atoms with Crippen LogP contribution in [0.4, 0.5) is 30.7 Å². The SMILES string of the molecule is FC1(F)C(F)(F)C(F)(Br)C(Br)(Br)C1(F)F. The molecule has 0 radical (unpaired) electrons. The van der Waals surface area contributed by atoms with E-state index in [1.165, 1.54) is 0 Å². The fourth-order valence-electron chi connectivity index (χ4n) is 0.986. The van der Waals surface area contributed by atoms with Gasteiger partial charge in [0.05, 0.1) is 0 Å². The second-order valence-electron chi connectivity index (χ2n) is 2.87. The van der Waals surface area contributed by atoms with Crippen molar-refractivity contribution in [3.8, 4) is 0 Å². The number of rotatable bonds is 0. The lowest BCUT2D eigenvalue weighted by molar-refractivity contribution is -0.279. The Labute approximate surface area is 104 Å². The van der Waals surface area contributed by atoms with Crippen LogP contribution in [0.2, 0.25) is 0 Å². The molecule has 0 spiro atoms. The average molecular weight is 433 g/mol. The van der Waals surface area contributed by atoms with E-state index >= 15 is 0 Å². The predicted octanol–water partition coefficient (Wildman–Crippen LogP) is 4.45. The molecule has 0 nitrogen and oxygen atoms in total. The van der Waals surface area contributed by atoms with Crippen LogP contribution in [-0.2, 0) is 0 Å². The summed E-state index contributed by atoms with van der Waals surface area (Å²) in [5.74, 6) is -16.7. The smallest absolute Gasteiger partial charge is 0.221 e. The quantitative estimate of drug-likeness (QED) is 0.392. The van der Waals surface area contributed by atoms with Gasteiger partial charge in [0.25, 0.3) is 4.58 Å². The summed E-state index contributed by atoms with van der Waals surface area (Å²) in [6.45, 7) is 0. The molecule has 0 aromatic rings. The first kappa shape index (κ1) is 14.0. The molecule has 0 amide bonds. The maximum atomic E-state index is 13.3. The van der Waals surface area contributed by atoms with E-state index in [0.29, 0.717) is 0 Å². The van der Waals surface area contributed by atoms with E-state index in [1.807, 2.05) is 31.9 Å². The van der Waals surface area contributed by atoms with Crippen LogP contribution in [0.25, 0.3) is 0 Å². The van der Waals surface area contributed by atoms with Crippen LogP contribution >= 0.6 is 47.8 Å². The minimum absolute atomic E-state index is 1.57. The summed E-state index contributed by atoms with van der Waals surface area (Å²) >= 11 is 5.21. The van der Waals surface area contributed by atoms with Gasteiger partial charge in [0.15, 0.2) is 0 Å². The predicted molar refractivity (Wildman–Crippen MR) is 48.2 cm³/mol. The highest BCUT2D eigenvalue weighted by Crippen LogP contribution is 2.73. The van der Waals surface area contributed by atoms with Gasteiger partial charge in [-0.05, 0) is 15.9 Å². The van der Waals surface area contributed by atoms with Crippen molar-refractivity contribution >= 4 is 47.8 Å². The van der Waals surface area contributed by atoms with Gasteiger partial charge in [0.1, 0.15) is 0 Å². The van der Waals surface area contributed by atoms with Crippen molar-refractivity contribution in [3.63, 3.8) is 0 Å². The van der Waals surface area contributed by atoms with Crippen molar-refractivity contribution in [2.75, 3.05) is 0 Å². The lowest BCUT2D eigenvalue weighted by Crippen LogP contribution is -2.50. The largest absolute Gasteiger partial charge is 0.378 e. The zero-order valence-corrected chi connectivity index (χ0v) is 11.0. The third kappa shape index (κ3) is 1.19. The molecule has 1 atom stereocenters. The Bertz CT molecular complexity index is 207. The third-order valence-electron chi connectivity index (χ3n) is 1.97. The molecule has 0 N–H and O–H groups in total. The first-order valence-corrected chi connectivity index (χ1v) is 5.52. The van der Waals surface area contributed by atoms with Crippen molar-refractivity contribution in [3.05, 3.63) is 0 Å². The molecule has 90 valence electrons. The maximum Gasteiger partial charge on any atom is 0.378 e. The Morgan fingerprint density at radius 3 is 0.933 bits per heavy atom. The van der Waals surface area contributed by atoms with Crippen LogP contribution in [-0.4, -0.2) is 25.6 Å². The number of halogens is 10. The van der Waals surface area contributed by atoms with E-state index in [0.717, 1.165) is 0 Å². The second-order valence-corrected chi connectivity index (χ2v) is 7.41. The summed E-state index contributed by atoms with van der Waals surface area (Å²) in [4.78, 5) is 0. The molecule has 1 rings (SSSR count). The summed E-state index contributed by atoms with van der Waals surface area (Å²) in [7, 11) is 0. The van der Waals surface area contributed by atoms with Gasteiger partial charge < -0.3 is 0 Å². The van der Waals surface area contributed by atoms with Gasteiger partial charge in [0, 0.05) is 0 Å². The third-order valence-corrected chi connectivity index (χ3v) is 6.22. The van der Waals surface area contributed by atoms with Crippen LogP contribution in [0.5, 0.6) is 0 Å². The monoisotopic (exact) mass is 430 g/mol. The Morgan fingerprint density at radius 2 is 0.867 bits per heavy atom. The molecule has 0 aliphatic heterocycles. The van der Waals surface area contributed by atoms with Gasteiger partial charge in [-0.15, -0.1) is 0 Å². The molecule has 0 aromatic carbocycles. The molecular weight excluding hydrogens is 433 g/mol. The molecule has 1 unspecified atom stereocenters. The Kier molecular flexibility index (Phi) is 2.84. The van der Waals surface area contributed by atoms with Crippen LogP contribution < -0.4 is 0 Å². The minimum Gasteiger partial charge on any atom is -0.221 e. The van der Waals surface area contributed by atoms with Crippen LogP contribution in [0, 0.1) is 0 Å². The van der Waals surface area contributed by atoms with E-state index in [4.69, 9.17) is 0 Å². The van der Waals surface area contributed by atoms with Gasteiger partial charge in [-0.25, -0.2) is 4.39 Å². The lowest BCUT2D eigenvalue weighted by Gasteiger charge is -2.28. The van der Waals surface area contributed by atoms with E-state index in [2.05, 4.69) is 0 Å². The highest BCUT2D eigenvalue weighted by molar-refractivity contribution is 9.26. The van der Waals surface area contributed by atoms with Crippen LogP contribution in [0.1, 0.15) is 0 Å². The van der Waals surface area contributed by atoms with E-state index in [9.17, 15) is 30.7 Å². The van der Waals surface area contributed by atoms with Gasteiger partial charge in [0.2, 0.25) is 3.23 Å². The highest BCUT2D eigenvalue weighted by atomic mass is 79.9. The van der Waals surface area contributed by atoms with E-state index in [1.54, 1.807) is 15.9 Å². The summed E-state index contributed by atoms with van der Waals surface area (Å²) in [6, 6.07) is 0. The van der Waals surface area contributed by atoms with Crippen LogP contribution in [0.3, 0.4) is 0 Å². The first-order chi connectivity index (χ1) is 6.25. The Balaban J connectivity index is 3.55. The normalized spacial score (nSPS) is 40.4. The fourth-order valence-corrected chi connectivity index (χ4v) is 2.48. The molecule has 1 fully saturated rings. The first-order valence-electron chi connectivity index (χ1n) is 3.14. The molecule has 0 aromatic heterocycles. The molecular formula is C5Br3F7. The number of alkyl halides is 10. The van der Waals surface area contributed by atoms with Crippen LogP contribution in [0.15, 0.2) is 0 Å². The molecule has 0 heterocycles. The standard InChI is InChI=1S/C5Br3F7/c6-1(7)2(8,9)4(12,13)5(14,15)3(1,10)11. The lowest BCUT2D eigenvalue weighted by atomic mass is 10.2. The van der Waals surface area contributed by atoms with Crippen molar-refractivity contribution in [2.24, 2.45) is 0 Å². The van der Waals surface area contributed by atoms with E-state index < -0.39 is 25.6 Å². The number of hydrogen-bond donors (Lipinski definition) is 0. The fraction of sp³-hybridized carbons (Fsp3) is 1.00. The minimum atomic E-state index is -5.83. The summed E-state index contributed by atoms with van der Waals surface area (Å²) in [5.41, 5.74) is 0. The summed E-state index contributed by atoms with van der Waals surface area (Å²) in [5, 5.41) is 0. The molecule has 0 saturated heterocycles. The van der Waals surface area contributed by atoms with Gasteiger partial charge in [-0.1, -0.05) is 31.9 Å². The van der Waals surface area contributed by atoms with Crippen molar-refractivity contribution in [1.29, 1.82) is 0 Å². The topological polar surface area (TPSA) is 0 Å². The molecule has 15 heavy (non-hydrogen) atoms. The number of hydrogen-bond acceptors (Lipinski definition) is 0. The van der Waals surface area contributed by atoms with E-state index in [-0.39, 0.29) is 0 Å². The average Bonchev–Trinajstić information content (AvgIpc) is 2.04. The second kappa shape index (κ2) is 3.04. The summed E-state index contributed by atoms with van der Waals surface area (Å²) in [6.07, 6.45) is 0. The molecule has 1 saturated carbocycles. The van der Waals surface area contributed by atoms with Gasteiger partial charge in [-0.2, -0.15) is 26.3 Å². The molecule has 1 aliphatic carbocycles. The van der Waals surface area contributed by atoms with Crippen molar-refractivity contribution < 1.29 is 30.7 Å². The maximum absolute atomic E-state index is 13.3. The molecule has 10 heteroatoms. The Hall–Kier alpha value is 0.950. The summed E-state index contributed by atoms with van der Waals surface area (Å²) < 4.78 is 82.0. The van der Waals surface area contributed by atoms with Gasteiger partial charge >= 0.3 is 17.8 Å². The Morgan fingerprint density at radius 1 is 0.533 bits per heavy atom. The van der Waals surface area contributed by atoms with Crippen molar-refractivity contribution in [1.82, 2.24) is 0 Å². The zero-order chi connectivity index (χ0) is 12.5. The highest BCUT2D eigenvalue weighted by Gasteiger charge is 2.96. The van der Waals surface area contributed by atoms with Gasteiger partial charge in [-0.3, -0.25) is 0 Å². The molecule has 1 aliphatic rings. The van der Waals surface area contributed by atoms with Crippen molar-refractivity contribution in [2.45, 2.75) is 25.6 Å². The molecule has 0 bridgehead atoms.